The highest BCUT2D eigenvalue weighted by atomic mass is 16.4. The highest BCUT2D eigenvalue weighted by Crippen LogP contribution is 2.24. The summed E-state index contributed by atoms with van der Waals surface area (Å²) < 4.78 is 0. The SMILES string of the molecule is C[C@@H](NC(=O)N[C@H](C(=O)O)C(C)(C)C)c1cccc2ccccc12. The molecule has 3 N–H and O–H groups in total. The molecule has 5 heteroatoms. The molecule has 24 heavy (non-hydrogen) atoms. The second-order valence-electron chi connectivity index (χ2n) is 7.05. The highest BCUT2D eigenvalue weighted by molar-refractivity contribution is 5.87. The van der Waals surface area contributed by atoms with Crippen LogP contribution in [0.2, 0.25) is 0 Å². The summed E-state index contributed by atoms with van der Waals surface area (Å²) in [5.74, 6) is -1.05. The lowest BCUT2D eigenvalue weighted by atomic mass is 9.87. The van der Waals surface area contributed by atoms with Crippen molar-refractivity contribution in [3.05, 3.63) is 48.0 Å². The maximum absolute atomic E-state index is 12.2. The number of fused-ring (bicyclic) bond motifs is 1. The minimum atomic E-state index is -1.05. The van der Waals surface area contributed by atoms with E-state index >= 15 is 0 Å². The molecule has 0 radical (unpaired) electrons. The lowest BCUT2D eigenvalue weighted by Crippen LogP contribution is -2.52. The van der Waals surface area contributed by atoms with Crippen molar-refractivity contribution in [1.82, 2.24) is 10.6 Å². The van der Waals surface area contributed by atoms with Gasteiger partial charge in [0.05, 0.1) is 6.04 Å². The predicted octanol–water partition coefficient (Wildman–Crippen LogP) is 3.70. The van der Waals surface area contributed by atoms with Crippen molar-refractivity contribution in [2.24, 2.45) is 5.41 Å². The van der Waals surface area contributed by atoms with Crippen LogP contribution in [0, 0.1) is 5.41 Å². The number of nitrogens with one attached hydrogen (secondary N) is 2. The van der Waals surface area contributed by atoms with Crippen molar-refractivity contribution in [2.45, 2.75) is 39.8 Å². The number of benzene rings is 2. The molecule has 128 valence electrons. The zero-order valence-corrected chi connectivity index (χ0v) is 14.5. The normalized spacial score (nSPS) is 14.0. The largest absolute Gasteiger partial charge is 0.480 e. The lowest BCUT2D eigenvalue weighted by Gasteiger charge is -2.28. The molecule has 2 aromatic carbocycles. The van der Waals surface area contributed by atoms with Crippen LogP contribution in [0.15, 0.2) is 42.5 Å². The molecule has 2 aromatic rings. The van der Waals surface area contributed by atoms with Crippen molar-refractivity contribution in [3.8, 4) is 0 Å². The first-order valence-corrected chi connectivity index (χ1v) is 7.97. The van der Waals surface area contributed by atoms with Gasteiger partial charge in [0.15, 0.2) is 0 Å². The Kier molecular flexibility index (Phi) is 5.12. The number of hydrogen-bond acceptors (Lipinski definition) is 2. The van der Waals surface area contributed by atoms with Gasteiger partial charge < -0.3 is 15.7 Å². The Hall–Kier alpha value is -2.56. The number of carboxylic acid groups (broad SMARTS) is 1. The van der Waals surface area contributed by atoms with Crippen molar-refractivity contribution < 1.29 is 14.7 Å². The average molecular weight is 328 g/mol. The fourth-order valence-corrected chi connectivity index (χ4v) is 2.72. The van der Waals surface area contributed by atoms with E-state index < -0.39 is 23.5 Å². The van der Waals surface area contributed by atoms with Crippen LogP contribution in [0.5, 0.6) is 0 Å². The van der Waals surface area contributed by atoms with Gasteiger partial charge in [-0.15, -0.1) is 0 Å². The summed E-state index contributed by atoms with van der Waals surface area (Å²) in [7, 11) is 0. The molecule has 0 saturated carbocycles. The molecule has 0 heterocycles. The van der Waals surface area contributed by atoms with Crippen molar-refractivity contribution >= 4 is 22.8 Å². The molecule has 0 saturated heterocycles. The van der Waals surface area contributed by atoms with Crippen molar-refractivity contribution in [1.29, 1.82) is 0 Å². The Morgan fingerprint density at radius 1 is 1.00 bits per heavy atom. The number of carbonyl (C=O) groups is 2. The first-order valence-electron chi connectivity index (χ1n) is 7.97. The van der Waals surface area contributed by atoms with Crippen LogP contribution in [0.3, 0.4) is 0 Å². The molecule has 0 unspecified atom stereocenters. The Balaban J connectivity index is 2.15. The van der Waals surface area contributed by atoms with E-state index in [1.54, 1.807) is 20.8 Å². The number of rotatable bonds is 4. The van der Waals surface area contributed by atoms with Crippen LogP contribution in [0.25, 0.3) is 10.8 Å². The third kappa shape index (κ3) is 4.04. The zero-order valence-electron chi connectivity index (χ0n) is 14.5. The van der Waals surface area contributed by atoms with Crippen LogP contribution in [0.4, 0.5) is 4.79 Å². The number of urea groups is 1. The van der Waals surface area contributed by atoms with E-state index in [9.17, 15) is 14.7 Å². The maximum atomic E-state index is 12.2. The second-order valence-corrected chi connectivity index (χ2v) is 7.05. The van der Waals surface area contributed by atoms with Crippen LogP contribution < -0.4 is 10.6 Å². The summed E-state index contributed by atoms with van der Waals surface area (Å²) in [6.07, 6.45) is 0. The van der Waals surface area contributed by atoms with Gasteiger partial charge in [0.25, 0.3) is 0 Å². The summed E-state index contributed by atoms with van der Waals surface area (Å²) >= 11 is 0. The average Bonchev–Trinajstić information content (AvgIpc) is 2.50. The molecule has 2 rings (SSSR count). The van der Waals surface area contributed by atoms with Gasteiger partial charge in [-0.05, 0) is 28.7 Å². The van der Waals surface area contributed by atoms with Gasteiger partial charge in [-0.2, -0.15) is 0 Å². The van der Waals surface area contributed by atoms with Crippen LogP contribution in [-0.4, -0.2) is 23.1 Å². The van der Waals surface area contributed by atoms with E-state index in [0.29, 0.717) is 0 Å². The Morgan fingerprint density at radius 2 is 1.62 bits per heavy atom. The van der Waals surface area contributed by atoms with Gasteiger partial charge in [-0.25, -0.2) is 9.59 Å². The van der Waals surface area contributed by atoms with Crippen LogP contribution in [-0.2, 0) is 4.79 Å². The smallest absolute Gasteiger partial charge is 0.326 e. The van der Waals surface area contributed by atoms with E-state index in [-0.39, 0.29) is 6.04 Å². The quantitative estimate of drug-likeness (QED) is 0.801. The Bertz CT molecular complexity index is 744. The summed E-state index contributed by atoms with van der Waals surface area (Å²) in [5.41, 5.74) is 0.414. The number of amides is 2. The molecule has 2 amide bonds. The molecule has 5 nitrogen and oxygen atoms in total. The van der Waals surface area contributed by atoms with Crippen LogP contribution >= 0.6 is 0 Å². The fraction of sp³-hybridized carbons (Fsp3) is 0.368. The topological polar surface area (TPSA) is 78.4 Å². The van der Waals surface area contributed by atoms with E-state index in [0.717, 1.165) is 16.3 Å². The molecule has 2 atom stereocenters. The first kappa shape index (κ1) is 17.8. The second kappa shape index (κ2) is 6.91. The number of hydrogen-bond donors (Lipinski definition) is 3. The fourth-order valence-electron chi connectivity index (χ4n) is 2.72. The molecular formula is C19H24N2O3. The van der Waals surface area contributed by atoms with Gasteiger partial charge in [0.1, 0.15) is 6.04 Å². The number of carboxylic acids is 1. The van der Waals surface area contributed by atoms with E-state index in [2.05, 4.69) is 10.6 Å². The Labute approximate surface area is 142 Å². The Morgan fingerprint density at radius 3 is 2.25 bits per heavy atom. The van der Waals surface area contributed by atoms with E-state index in [4.69, 9.17) is 0 Å². The number of aliphatic carboxylic acids is 1. The zero-order chi connectivity index (χ0) is 17.9. The molecule has 0 fully saturated rings. The summed E-state index contributed by atoms with van der Waals surface area (Å²) in [4.78, 5) is 23.6. The minimum absolute atomic E-state index is 0.245. The molecule has 0 aliphatic rings. The van der Waals surface area contributed by atoms with Gasteiger partial charge in [-0.1, -0.05) is 63.2 Å². The highest BCUT2D eigenvalue weighted by Gasteiger charge is 2.32. The summed E-state index contributed by atoms with van der Waals surface area (Å²) in [5, 5.41) is 16.9. The minimum Gasteiger partial charge on any atom is -0.480 e. The third-order valence-corrected chi connectivity index (χ3v) is 4.03. The van der Waals surface area contributed by atoms with Gasteiger partial charge in [0.2, 0.25) is 0 Å². The first-order chi connectivity index (χ1) is 11.2. The molecule has 0 bridgehead atoms. The standard InChI is InChI=1S/C19H24N2O3/c1-12(14-11-7-9-13-8-5-6-10-15(13)14)20-18(24)21-16(17(22)23)19(2,3)4/h5-12,16H,1-4H3,(H,22,23)(H2,20,21,24)/t12-,16-/m1/s1. The monoisotopic (exact) mass is 328 g/mol. The van der Waals surface area contributed by atoms with Crippen molar-refractivity contribution in [2.75, 3.05) is 0 Å². The summed E-state index contributed by atoms with van der Waals surface area (Å²) in [6, 6.07) is 12.2. The van der Waals surface area contributed by atoms with Crippen molar-refractivity contribution in [3.63, 3.8) is 0 Å². The number of carbonyl (C=O) groups excluding carboxylic acids is 1. The maximum Gasteiger partial charge on any atom is 0.326 e. The summed E-state index contributed by atoms with van der Waals surface area (Å²) in [6.45, 7) is 7.22. The van der Waals surface area contributed by atoms with Crippen LogP contribution in [0.1, 0.15) is 39.3 Å². The predicted molar refractivity (Wildman–Crippen MR) is 94.9 cm³/mol. The molecule has 0 spiro atoms. The van der Waals surface area contributed by atoms with Gasteiger partial charge in [-0.3, -0.25) is 0 Å². The lowest BCUT2D eigenvalue weighted by molar-refractivity contribution is -0.141. The van der Waals surface area contributed by atoms with E-state index in [1.165, 1.54) is 0 Å². The molecule has 0 aliphatic heterocycles. The molecule has 0 aromatic heterocycles. The van der Waals surface area contributed by atoms with Gasteiger partial charge in [0, 0.05) is 0 Å². The molecular weight excluding hydrogens is 304 g/mol. The molecule has 0 aliphatic carbocycles. The van der Waals surface area contributed by atoms with E-state index in [1.807, 2.05) is 49.4 Å². The third-order valence-electron chi connectivity index (χ3n) is 4.03. The van der Waals surface area contributed by atoms with Gasteiger partial charge >= 0.3 is 12.0 Å².